The van der Waals surface area contributed by atoms with Gasteiger partial charge in [-0.2, -0.15) is 0 Å². The lowest BCUT2D eigenvalue weighted by molar-refractivity contribution is 1.06. The number of hydrogen-bond donors (Lipinski definition) is 1. The fraction of sp³-hybridized carbons (Fsp3) is 0.0270. The van der Waals surface area contributed by atoms with Gasteiger partial charge in [-0.1, -0.05) is 127 Å². The van der Waals surface area contributed by atoms with Crippen molar-refractivity contribution in [2.24, 2.45) is 10.7 Å². The molecule has 1 heterocycles. The zero-order chi connectivity index (χ0) is 30.6. The van der Waals surface area contributed by atoms with Gasteiger partial charge < -0.3 is 5.73 Å². The van der Waals surface area contributed by atoms with Crippen LogP contribution in [-0.2, 0) is 6.54 Å². The van der Waals surface area contributed by atoms with Crippen molar-refractivity contribution < 1.29 is 5.48 Å². The number of aliphatic imine (C=N–C) groups is 1. The minimum Gasteiger partial charge on any atom is -0.383 e. The maximum atomic E-state index is 9.29. The predicted octanol–water partition coefficient (Wildman–Crippen LogP) is 8.66. The quantitative estimate of drug-likeness (QED) is 0.169. The minimum atomic E-state index is -0.254. The van der Waals surface area contributed by atoms with Crippen molar-refractivity contribution in [1.29, 1.82) is 0 Å². The second kappa shape index (κ2) is 11.6. The van der Waals surface area contributed by atoms with Gasteiger partial charge in [0, 0.05) is 16.7 Å². The average molecular weight is 520 g/mol. The third-order valence-electron chi connectivity index (χ3n) is 6.60. The van der Waals surface area contributed by atoms with E-state index in [2.05, 4.69) is 4.99 Å². The molecular formula is C37H29N3. The molecule has 3 heteroatoms. The molecule has 2 N–H and O–H groups in total. The van der Waals surface area contributed by atoms with Crippen molar-refractivity contribution in [3.8, 4) is 44.8 Å². The Morgan fingerprint density at radius 3 is 1.93 bits per heavy atom. The maximum absolute atomic E-state index is 9.29. The van der Waals surface area contributed by atoms with E-state index in [1.54, 1.807) is 0 Å². The SMILES string of the molecule is [2H]c1c([2H])c(-c2cccc(CN=C(N)c3ccccc3)c2)c([2H])c(-c2cc(-c3ccccc3)cc(-c3ccccc3)n2)c1[2H]. The van der Waals surface area contributed by atoms with Gasteiger partial charge in [0.15, 0.2) is 0 Å². The summed E-state index contributed by atoms with van der Waals surface area (Å²) in [5.41, 5.74) is 12.8. The van der Waals surface area contributed by atoms with Crippen LogP contribution in [0, 0.1) is 0 Å². The van der Waals surface area contributed by atoms with Crippen LogP contribution in [0.25, 0.3) is 44.8 Å². The van der Waals surface area contributed by atoms with Crippen LogP contribution in [0.4, 0.5) is 0 Å². The van der Waals surface area contributed by atoms with Gasteiger partial charge in [-0.3, -0.25) is 4.99 Å². The average Bonchev–Trinajstić information content (AvgIpc) is 3.07. The summed E-state index contributed by atoms with van der Waals surface area (Å²) >= 11 is 0. The van der Waals surface area contributed by atoms with Crippen LogP contribution in [0.5, 0.6) is 0 Å². The fourth-order valence-corrected chi connectivity index (χ4v) is 4.53. The van der Waals surface area contributed by atoms with Crippen molar-refractivity contribution >= 4 is 5.84 Å². The van der Waals surface area contributed by atoms with Crippen LogP contribution in [0.1, 0.15) is 16.6 Å². The van der Waals surface area contributed by atoms with E-state index in [9.17, 15) is 1.37 Å². The second-order valence-electron chi connectivity index (χ2n) is 9.38. The summed E-state index contributed by atoms with van der Waals surface area (Å²) < 4.78 is 35.7. The molecule has 0 aliphatic carbocycles. The zero-order valence-corrected chi connectivity index (χ0v) is 21.8. The molecule has 1 aromatic heterocycles. The highest BCUT2D eigenvalue weighted by Crippen LogP contribution is 2.32. The Hall–Kier alpha value is -5.28. The molecule has 0 saturated carbocycles. The lowest BCUT2D eigenvalue weighted by Gasteiger charge is -2.12. The summed E-state index contributed by atoms with van der Waals surface area (Å²) in [5.74, 6) is 0.422. The molecule has 0 fully saturated rings. The molecule has 0 unspecified atom stereocenters. The number of rotatable bonds is 7. The Bertz CT molecular complexity index is 1920. The Kier molecular flexibility index (Phi) is 6.00. The first kappa shape index (κ1) is 20.7. The molecule has 0 spiro atoms. The summed E-state index contributed by atoms with van der Waals surface area (Å²) in [6.07, 6.45) is 0. The van der Waals surface area contributed by atoms with E-state index in [1.165, 1.54) is 0 Å². The Labute approximate surface area is 241 Å². The molecule has 0 radical (unpaired) electrons. The number of aromatic nitrogens is 1. The van der Waals surface area contributed by atoms with E-state index >= 15 is 0 Å². The summed E-state index contributed by atoms with van der Waals surface area (Å²) in [7, 11) is 0. The molecule has 0 aliphatic rings. The molecule has 0 aliphatic heterocycles. The van der Waals surface area contributed by atoms with E-state index in [-0.39, 0.29) is 35.3 Å². The van der Waals surface area contributed by atoms with E-state index < -0.39 is 0 Å². The maximum Gasteiger partial charge on any atom is 0.125 e. The van der Waals surface area contributed by atoms with Crippen LogP contribution in [0.15, 0.2) is 157 Å². The van der Waals surface area contributed by atoms with Crippen LogP contribution in [0.2, 0.25) is 0 Å². The third-order valence-corrected chi connectivity index (χ3v) is 6.60. The molecule has 0 amide bonds. The molecular weight excluding hydrogens is 486 g/mol. The van der Waals surface area contributed by atoms with Gasteiger partial charge >= 0.3 is 0 Å². The first-order valence-corrected chi connectivity index (χ1v) is 13.1. The van der Waals surface area contributed by atoms with Gasteiger partial charge in [-0.15, -0.1) is 0 Å². The largest absolute Gasteiger partial charge is 0.383 e. The summed E-state index contributed by atoms with van der Waals surface area (Å²) in [4.78, 5) is 9.45. The normalized spacial score (nSPS) is 12.8. The minimum absolute atomic E-state index is 0.0165. The molecule has 0 bridgehead atoms. The number of benzene rings is 5. The van der Waals surface area contributed by atoms with Gasteiger partial charge in [-0.05, 0) is 52.1 Å². The van der Waals surface area contributed by atoms with Crippen molar-refractivity contribution in [2.45, 2.75) is 6.54 Å². The van der Waals surface area contributed by atoms with Gasteiger partial charge in [0.1, 0.15) is 5.84 Å². The molecule has 0 atom stereocenters. The first-order chi connectivity index (χ1) is 21.4. The number of pyridine rings is 1. The van der Waals surface area contributed by atoms with Gasteiger partial charge in [0.05, 0.1) is 23.4 Å². The predicted molar refractivity (Wildman–Crippen MR) is 167 cm³/mol. The lowest BCUT2D eigenvalue weighted by Crippen LogP contribution is -2.13. The van der Waals surface area contributed by atoms with Gasteiger partial charge in [0.2, 0.25) is 0 Å². The lowest BCUT2D eigenvalue weighted by atomic mass is 9.97. The van der Waals surface area contributed by atoms with Crippen molar-refractivity contribution in [3.05, 3.63) is 163 Å². The van der Waals surface area contributed by atoms with Crippen molar-refractivity contribution in [2.75, 3.05) is 0 Å². The van der Waals surface area contributed by atoms with Crippen LogP contribution in [0.3, 0.4) is 0 Å². The zero-order valence-electron chi connectivity index (χ0n) is 25.8. The number of nitrogens with two attached hydrogens (primary N) is 1. The van der Waals surface area contributed by atoms with E-state index in [1.807, 2.05) is 127 Å². The van der Waals surface area contributed by atoms with Crippen molar-refractivity contribution in [1.82, 2.24) is 4.98 Å². The van der Waals surface area contributed by atoms with Crippen molar-refractivity contribution in [3.63, 3.8) is 0 Å². The third kappa shape index (κ3) is 5.74. The van der Waals surface area contributed by atoms with Crippen LogP contribution >= 0.6 is 0 Å². The molecule has 40 heavy (non-hydrogen) atoms. The fourth-order valence-electron chi connectivity index (χ4n) is 4.53. The Morgan fingerprint density at radius 2 is 1.20 bits per heavy atom. The molecule has 6 aromatic rings. The topological polar surface area (TPSA) is 51.3 Å². The standard InChI is InChI=1S/C37H29N3/c38-37(30-17-8-3-9-18-30)39-26-27-12-10-19-31(22-27)32-20-11-21-33(23-32)36-25-34(28-13-4-1-5-14-28)24-35(40-36)29-15-6-2-7-16-29/h1-25H,26H2,(H2,38,39)/i11D,20D,21D,23D. The number of nitrogens with zero attached hydrogens (tertiary/aromatic N) is 2. The first-order valence-electron chi connectivity index (χ1n) is 15.1. The number of hydrogen-bond acceptors (Lipinski definition) is 2. The molecule has 5 aromatic carbocycles. The van der Waals surface area contributed by atoms with E-state index in [0.717, 1.165) is 27.8 Å². The van der Waals surface area contributed by atoms with E-state index in [0.29, 0.717) is 29.3 Å². The van der Waals surface area contributed by atoms with Gasteiger partial charge in [0.25, 0.3) is 0 Å². The molecule has 0 saturated heterocycles. The molecule has 6 rings (SSSR count). The highest BCUT2D eigenvalue weighted by molar-refractivity contribution is 5.97. The summed E-state index contributed by atoms with van der Waals surface area (Å²) in [6.45, 7) is 0.313. The van der Waals surface area contributed by atoms with Gasteiger partial charge in [-0.25, -0.2) is 4.98 Å². The summed E-state index contributed by atoms with van der Waals surface area (Å²) in [5, 5.41) is 0. The summed E-state index contributed by atoms with van der Waals surface area (Å²) in [6, 6.07) is 39.8. The smallest absolute Gasteiger partial charge is 0.125 e. The monoisotopic (exact) mass is 519 g/mol. The van der Waals surface area contributed by atoms with E-state index in [4.69, 9.17) is 14.8 Å². The second-order valence-corrected chi connectivity index (χ2v) is 9.38. The number of amidine groups is 1. The van der Waals surface area contributed by atoms with Crippen LogP contribution < -0.4 is 5.73 Å². The Morgan fingerprint density at radius 1 is 0.600 bits per heavy atom. The molecule has 3 nitrogen and oxygen atoms in total. The van der Waals surface area contributed by atoms with Crippen LogP contribution in [-0.4, -0.2) is 10.8 Å². The Balaban J connectivity index is 1.48. The highest BCUT2D eigenvalue weighted by atomic mass is 14.8. The molecule has 192 valence electrons. The highest BCUT2D eigenvalue weighted by Gasteiger charge is 2.10.